The number of hydrogen-bond donors (Lipinski definition) is 1. The van der Waals surface area contributed by atoms with E-state index in [9.17, 15) is 8.78 Å². The minimum Gasteiger partial charge on any atom is -0.383 e. The zero-order chi connectivity index (χ0) is 13.8. The Labute approximate surface area is 108 Å². The van der Waals surface area contributed by atoms with Gasteiger partial charge in [-0.2, -0.15) is 4.98 Å². The van der Waals surface area contributed by atoms with Gasteiger partial charge in [0.15, 0.2) is 17.5 Å². The minimum absolute atomic E-state index is 0.0102. The van der Waals surface area contributed by atoms with Crippen LogP contribution in [0.5, 0.6) is 0 Å². The monoisotopic (exact) mass is 269 g/mol. The van der Waals surface area contributed by atoms with Crippen molar-refractivity contribution < 1.29 is 18.0 Å². The Morgan fingerprint density at radius 3 is 2.95 bits per heavy atom. The zero-order valence-corrected chi connectivity index (χ0v) is 10.3. The minimum atomic E-state index is -0.913. The van der Waals surface area contributed by atoms with Crippen LogP contribution in [0.25, 0.3) is 0 Å². The lowest BCUT2D eigenvalue weighted by atomic mass is 10.1. The van der Waals surface area contributed by atoms with E-state index < -0.39 is 17.7 Å². The van der Waals surface area contributed by atoms with Gasteiger partial charge < -0.3 is 15.0 Å². The molecule has 5 nitrogen and oxygen atoms in total. The Bertz CT molecular complexity index is 560. The average Bonchev–Trinajstić information content (AvgIpc) is 2.84. The van der Waals surface area contributed by atoms with Gasteiger partial charge in [-0.05, 0) is 6.07 Å². The summed E-state index contributed by atoms with van der Waals surface area (Å²) in [5.74, 6) is -1.38. The SMILES string of the molecule is COCC(N)c1noc(Cc2cccc(F)c2F)n1. The van der Waals surface area contributed by atoms with Crippen LogP contribution in [0.2, 0.25) is 0 Å². The topological polar surface area (TPSA) is 74.2 Å². The fourth-order valence-corrected chi connectivity index (χ4v) is 1.59. The third-order valence-corrected chi connectivity index (χ3v) is 2.53. The third kappa shape index (κ3) is 3.12. The van der Waals surface area contributed by atoms with E-state index in [4.69, 9.17) is 15.0 Å². The fraction of sp³-hybridized carbons (Fsp3) is 0.333. The first-order chi connectivity index (χ1) is 9.11. The summed E-state index contributed by atoms with van der Waals surface area (Å²) >= 11 is 0. The highest BCUT2D eigenvalue weighted by atomic mass is 19.2. The highest BCUT2D eigenvalue weighted by Gasteiger charge is 2.16. The van der Waals surface area contributed by atoms with Crippen molar-refractivity contribution in [3.05, 3.63) is 47.1 Å². The van der Waals surface area contributed by atoms with E-state index in [1.54, 1.807) is 0 Å². The molecule has 2 aromatic rings. The number of rotatable bonds is 5. The maximum absolute atomic E-state index is 13.5. The Balaban J connectivity index is 2.14. The summed E-state index contributed by atoms with van der Waals surface area (Å²) in [6.07, 6.45) is 0.0102. The standard InChI is InChI=1S/C12H13F2N3O2/c1-18-6-9(15)12-16-10(19-17-12)5-7-3-2-4-8(13)11(7)14/h2-4,9H,5-6,15H2,1H3. The molecule has 0 saturated carbocycles. The number of benzene rings is 1. The molecule has 1 heterocycles. The van der Waals surface area contributed by atoms with Crippen LogP contribution in [0.3, 0.4) is 0 Å². The highest BCUT2D eigenvalue weighted by Crippen LogP contribution is 2.16. The second kappa shape index (κ2) is 5.85. The third-order valence-electron chi connectivity index (χ3n) is 2.53. The Morgan fingerprint density at radius 1 is 1.42 bits per heavy atom. The summed E-state index contributed by atoms with van der Waals surface area (Å²) in [7, 11) is 1.50. The van der Waals surface area contributed by atoms with E-state index in [0.29, 0.717) is 0 Å². The lowest BCUT2D eigenvalue weighted by molar-refractivity contribution is 0.177. The number of nitrogens with zero attached hydrogens (tertiary/aromatic N) is 2. The van der Waals surface area contributed by atoms with E-state index in [1.165, 1.54) is 19.2 Å². The first kappa shape index (κ1) is 13.6. The molecule has 0 spiro atoms. The van der Waals surface area contributed by atoms with Crippen LogP contribution in [0.15, 0.2) is 22.7 Å². The second-order valence-corrected chi connectivity index (χ2v) is 4.00. The maximum Gasteiger partial charge on any atom is 0.231 e. The summed E-state index contributed by atoms with van der Waals surface area (Å²) in [6.45, 7) is 0.243. The molecule has 2 rings (SSSR count). The molecule has 0 fully saturated rings. The first-order valence-electron chi connectivity index (χ1n) is 5.61. The number of aromatic nitrogens is 2. The predicted octanol–water partition coefficient (Wildman–Crippen LogP) is 1.58. The van der Waals surface area contributed by atoms with Crippen LogP contribution in [0.1, 0.15) is 23.3 Å². The summed E-state index contributed by atoms with van der Waals surface area (Å²) in [4.78, 5) is 4.02. The molecule has 19 heavy (non-hydrogen) atoms. The molecule has 0 radical (unpaired) electrons. The molecule has 102 valence electrons. The Kier molecular flexibility index (Phi) is 4.18. The smallest absolute Gasteiger partial charge is 0.231 e. The molecule has 0 bridgehead atoms. The van der Waals surface area contributed by atoms with Gasteiger partial charge in [0.2, 0.25) is 5.89 Å². The molecular formula is C12H13F2N3O2. The molecule has 0 amide bonds. The van der Waals surface area contributed by atoms with E-state index in [0.717, 1.165) is 6.07 Å². The molecular weight excluding hydrogens is 256 g/mol. The molecule has 1 aromatic carbocycles. The number of hydrogen-bond acceptors (Lipinski definition) is 5. The first-order valence-corrected chi connectivity index (χ1v) is 5.61. The summed E-state index contributed by atoms with van der Waals surface area (Å²) in [6, 6.07) is 3.41. The van der Waals surface area contributed by atoms with Crippen molar-refractivity contribution in [3.63, 3.8) is 0 Å². The van der Waals surface area contributed by atoms with Crippen molar-refractivity contribution in [3.8, 4) is 0 Å². The molecule has 7 heteroatoms. The molecule has 1 aromatic heterocycles. The average molecular weight is 269 g/mol. The van der Waals surface area contributed by atoms with Crippen molar-refractivity contribution in [1.29, 1.82) is 0 Å². The summed E-state index contributed by atoms with van der Waals surface area (Å²) < 4.78 is 36.3. The van der Waals surface area contributed by atoms with Crippen LogP contribution in [-0.4, -0.2) is 23.9 Å². The molecule has 1 atom stereocenters. The van der Waals surface area contributed by atoms with Crippen molar-refractivity contribution in [1.82, 2.24) is 10.1 Å². The van der Waals surface area contributed by atoms with Crippen molar-refractivity contribution >= 4 is 0 Å². The largest absolute Gasteiger partial charge is 0.383 e. The second-order valence-electron chi connectivity index (χ2n) is 4.00. The lowest BCUT2D eigenvalue weighted by Crippen LogP contribution is -2.17. The van der Waals surface area contributed by atoms with Gasteiger partial charge in [-0.15, -0.1) is 0 Å². The van der Waals surface area contributed by atoms with Crippen molar-refractivity contribution in [2.24, 2.45) is 5.73 Å². The van der Waals surface area contributed by atoms with Crippen molar-refractivity contribution in [2.75, 3.05) is 13.7 Å². The van der Waals surface area contributed by atoms with E-state index in [2.05, 4.69) is 10.1 Å². The number of methoxy groups -OCH3 is 1. The van der Waals surface area contributed by atoms with Gasteiger partial charge in [-0.3, -0.25) is 0 Å². The van der Waals surface area contributed by atoms with Crippen LogP contribution >= 0.6 is 0 Å². The van der Waals surface area contributed by atoms with Gasteiger partial charge in [-0.25, -0.2) is 8.78 Å². The van der Waals surface area contributed by atoms with E-state index in [-0.39, 0.29) is 30.3 Å². The lowest BCUT2D eigenvalue weighted by Gasteiger charge is -2.03. The maximum atomic E-state index is 13.5. The predicted molar refractivity (Wildman–Crippen MR) is 62.3 cm³/mol. The van der Waals surface area contributed by atoms with E-state index >= 15 is 0 Å². The van der Waals surface area contributed by atoms with Crippen LogP contribution < -0.4 is 5.73 Å². The number of halogens is 2. The summed E-state index contributed by atoms with van der Waals surface area (Å²) in [5, 5.41) is 3.68. The summed E-state index contributed by atoms with van der Waals surface area (Å²) in [5.41, 5.74) is 5.87. The van der Waals surface area contributed by atoms with Crippen LogP contribution in [0, 0.1) is 11.6 Å². The fourth-order valence-electron chi connectivity index (χ4n) is 1.59. The number of ether oxygens (including phenoxy) is 1. The van der Waals surface area contributed by atoms with Gasteiger partial charge in [0.25, 0.3) is 0 Å². The number of nitrogens with two attached hydrogens (primary N) is 1. The highest BCUT2D eigenvalue weighted by molar-refractivity contribution is 5.21. The molecule has 0 aliphatic carbocycles. The molecule has 0 aliphatic heterocycles. The molecule has 1 unspecified atom stereocenters. The van der Waals surface area contributed by atoms with Gasteiger partial charge in [0.05, 0.1) is 19.1 Å². The molecule has 0 aliphatic rings. The zero-order valence-electron chi connectivity index (χ0n) is 10.3. The van der Waals surface area contributed by atoms with Crippen molar-refractivity contribution in [2.45, 2.75) is 12.5 Å². The van der Waals surface area contributed by atoms with Crippen LogP contribution in [0.4, 0.5) is 8.78 Å². The molecule has 0 saturated heterocycles. The van der Waals surface area contributed by atoms with Gasteiger partial charge >= 0.3 is 0 Å². The normalized spacial score (nSPS) is 12.6. The Morgan fingerprint density at radius 2 is 2.21 bits per heavy atom. The van der Waals surface area contributed by atoms with Crippen LogP contribution in [-0.2, 0) is 11.2 Å². The quantitative estimate of drug-likeness (QED) is 0.892. The van der Waals surface area contributed by atoms with E-state index in [1.807, 2.05) is 0 Å². The van der Waals surface area contributed by atoms with Gasteiger partial charge in [0.1, 0.15) is 0 Å². The van der Waals surface area contributed by atoms with Gasteiger partial charge in [0, 0.05) is 12.7 Å². The Hall–Kier alpha value is -1.86. The van der Waals surface area contributed by atoms with Gasteiger partial charge in [-0.1, -0.05) is 17.3 Å². The molecule has 2 N–H and O–H groups in total.